The van der Waals surface area contributed by atoms with E-state index in [9.17, 15) is 0 Å². The molecule has 0 aliphatic heterocycles. The summed E-state index contributed by atoms with van der Waals surface area (Å²) in [7, 11) is 0. The third kappa shape index (κ3) is 5.68. The summed E-state index contributed by atoms with van der Waals surface area (Å²) in [5, 5.41) is 3.25. The zero-order valence-electron chi connectivity index (χ0n) is 11.2. The van der Waals surface area contributed by atoms with E-state index in [0.29, 0.717) is 5.92 Å². The molecule has 0 radical (unpaired) electrons. The molecular weight excluding hydrogens is 212 g/mol. The smallest absolute Gasteiger partial charge is 0.137 e. The number of nitrogens with zero attached hydrogens (tertiary/aromatic N) is 1. The summed E-state index contributed by atoms with van der Waals surface area (Å²) in [4.78, 5) is 4.35. The second-order valence-electron chi connectivity index (χ2n) is 4.47. The zero-order valence-corrected chi connectivity index (χ0v) is 11.2. The standard InChI is InChI=1S/C14H24N2O/c1-4-6-12(3)11-17-14-8-7-13(16-10-14)9-15-5-2/h7-8,10,12,15H,4-6,9,11H2,1-3H3. The molecule has 0 aromatic carbocycles. The average molecular weight is 236 g/mol. The van der Waals surface area contributed by atoms with Gasteiger partial charge in [-0.15, -0.1) is 0 Å². The van der Waals surface area contributed by atoms with Crippen molar-refractivity contribution in [2.24, 2.45) is 5.92 Å². The first-order chi connectivity index (χ1) is 8.26. The van der Waals surface area contributed by atoms with Gasteiger partial charge in [0.2, 0.25) is 0 Å². The van der Waals surface area contributed by atoms with E-state index in [1.165, 1.54) is 12.8 Å². The van der Waals surface area contributed by atoms with Crippen molar-refractivity contribution in [3.63, 3.8) is 0 Å². The highest BCUT2D eigenvalue weighted by atomic mass is 16.5. The quantitative estimate of drug-likeness (QED) is 0.753. The summed E-state index contributed by atoms with van der Waals surface area (Å²) >= 11 is 0. The van der Waals surface area contributed by atoms with Crippen molar-refractivity contribution < 1.29 is 4.74 Å². The SMILES string of the molecule is CCCC(C)COc1ccc(CNCC)nc1. The van der Waals surface area contributed by atoms with Crippen LogP contribution in [-0.4, -0.2) is 18.1 Å². The summed E-state index contributed by atoms with van der Waals surface area (Å²) < 4.78 is 5.70. The predicted molar refractivity (Wildman–Crippen MR) is 71.2 cm³/mol. The molecule has 1 N–H and O–H groups in total. The van der Waals surface area contributed by atoms with Gasteiger partial charge in [-0.2, -0.15) is 0 Å². The van der Waals surface area contributed by atoms with Gasteiger partial charge in [0.05, 0.1) is 18.5 Å². The van der Waals surface area contributed by atoms with Gasteiger partial charge in [0.25, 0.3) is 0 Å². The van der Waals surface area contributed by atoms with Crippen molar-refractivity contribution in [2.75, 3.05) is 13.2 Å². The molecule has 0 saturated carbocycles. The highest BCUT2D eigenvalue weighted by Gasteiger charge is 2.02. The fourth-order valence-corrected chi connectivity index (χ4v) is 1.67. The van der Waals surface area contributed by atoms with Crippen LogP contribution in [0.25, 0.3) is 0 Å². The van der Waals surface area contributed by atoms with Crippen molar-refractivity contribution >= 4 is 0 Å². The van der Waals surface area contributed by atoms with Crippen LogP contribution < -0.4 is 10.1 Å². The second-order valence-corrected chi connectivity index (χ2v) is 4.47. The van der Waals surface area contributed by atoms with Gasteiger partial charge >= 0.3 is 0 Å². The van der Waals surface area contributed by atoms with Crippen LogP contribution in [0, 0.1) is 5.92 Å². The van der Waals surface area contributed by atoms with Gasteiger partial charge in [0.15, 0.2) is 0 Å². The van der Waals surface area contributed by atoms with E-state index in [4.69, 9.17) is 4.74 Å². The first-order valence-electron chi connectivity index (χ1n) is 6.54. The normalized spacial score (nSPS) is 12.4. The number of aromatic nitrogens is 1. The van der Waals surface area contributed by atoms with E-state index in [-0.39, 0.29) is 0 Å². The summed E-state index contributed by atoms with van der Waals surface area (Å²) in [6, 6.07) is 4.01. The number of hydrogen-bond donors (Lipinski definition) is 1. The lowest BCUT2D eigenvalue weighted by Crippen LogP contribution is -2.13. The molecule has 0 amide bonds. The number of ether oxygens (including phenoxy) is 1. The third-order valence-electron chi connectivity index (χ3n) is 2.67. The first kappa shape index (κ1) is 14.0. The van der Waals surface area contributed by atoms with Crippen LogP contribution in [-0.2, 0) is 6.54 Å². The van der Waals surface area contributed by atoms with Crippen molar-refractivity contribution in [1.29, 1.82) is 0 Å². The van der Waals surface area contributed by atoms with Crippen LogP contribution in [0.4, 0.5) is 0 Å². The molecular formula is C14H24N2O. The molecule has 0 fully saturated rings. The van der Waals surface area contributed by atoms with E-state index >= 15 is 0 Å². The van der Waals surface area contributed by atoms with Gasteiger partial charge in [0, 0.05) is 6.54 Å². The van der Waals surface area contributed by atoms with Crippen LogP contribution in [0.1, 0.15) is 39.3 Å². The highest BCUT2D eigenvalue weighted by Crippen LogP contribution is 2.12. The van der Waals surface area contributed by atoms with Gasteiger partial charge in [-0.3, -0.25) is 4.98 Å². The van der Waals surface area contributed by atoms with Crippen LogP contribution in [0.2, 0.25) is 0 Å². The first-order valence-corrected chi connectivity index (χ1v) is 6.54. The molecule has 3 nitrogen and oxygen atoms in total. The molecule has 96 valence electrons. The van der Waals surface area contributed by atoms with Crippen LogP contribution >= 0.6 is 0 Å². The molecule has 1 unspecified atom stereocenters. The summed E-state index contributed by atoms with van der Waals surface area (Å²) in [6.45, 7) is 9.08. The Kier molecular flexibility index (Phi) is 6.63. The van der Waals surface area contributed by atoms with E-state index in [0.717, 1.165) is 31.1 Å². The Morgan fingerprint density at radius 1 is 1.35 bits per heavy atom. The number of pyridine rings is 1. The molecule has 3 heteroatoms. The fourth-order valence-electron chi connectivity index (χ4n) is 1.67. The van der Waals surface area contributed by atoms with Gasteiger partial charge in [-0.05, 0) is 31.0 Å². The minimum atomic E-state index is 0.612. The van der Waals surface area contributed by atoms with Crippen molar-refractivity contribution in [3.8, 4) is 5.75 Å². The Balaban J connectivity index is 2.34. The largest absolute Gasteiger partial charge is 0.492 e. The molecule has 0 bridgehead atoms. The molecule has 17 heavy (non-hydrogen) atoms. The second kappa shape index (κ2) is 8.07. The third-order valence-corrected chi connectivity index (χ3v) is 2.67. The summed E-state index contributed by atoms with van der Waals surface area (Å²) in [6.07, 6.45) is 4.24. The molecule has 0 spiro atoms. The zero-order chi connectivity index (χ0) is 12.5. The maximum atomic E-state index is 5.70. The Labute approximate surface area is 105 Å². The lowest BCUT2D eigenvalue weighted by molar-refractivity contribution is 0.250. The molecule has 1 heterocycles. The Morgan fingerprint density at radius 2 is 2.18 bits per heavy atom. The van der Waals surface area contributed by atoms with Crippen molar-refractivity contribution in [2.45, 2.75) is 40.2 Å². The lowest BCUT2D eigenvalue weighted by Gasteiger charge is -2.12. The number of hydrogen-bond acceptors (Lipinski definition) is 3. The molecule has 1 aromatic rings. The van der Waals surface area contributed by atoms with Crippen LogP contribution in [0.5, 0.6) is 5.75 Å². The molecule has 1 rings (SSSR count). The number of nitrogens with one attached hydrogen (secondary N) is 1. The lowest BCUT2D eigenvalue weighted by atomic mass is 10.1. The Bertz CT molecular complexity index is 298. The molecule has 1 aromatic heterocycles. The van der Waals surface area contributed by atoms with Crippen LogP contribution in [0.3, 0.4) is 0 Å². The summed E-state index contributed by atoms with van der Waals surface area (Å²) in [5.41, 5.74) is 1.06. The topological polar surface area (TPSA) is 34.1 Å². The Hall–Kier alpha value is -1.09. The molecule has 0 aliphatic carbocycles. The van der Waals surface area contributed by atoms with Gasteiger partial charge in [-0.1, -0.05) is 27.2 Å². The van der Waals surface area contributed by atoms with E-state index < -0.39 is 0 Å². The van der Waals surface area contributed by atoms with Crippen molar-refractivity contribution in [3.05, 3.63) is 24.0 Å². The molecule has 0 saturated heterocycles. The van der Waals surface area contributed by atoms with E-state index in [2.05, 4.69) is 31.1 Å². The van der Waals surface area contributed by atoms with Gasteiger partial charge in [-0.25, -0.2) is 0 Å². The molecule has 0 aliphatic rings. The van der Waals surface area contributed by atoms with E-state index in [1.807, 2.05) is 18.3 Å². The minimum absolute atomic E-state index is 0.612. The number of rotatable bonds is 8. The fraction of sp³-hybridized carbons (Fsp3) is 0.643. The molecule has 1 atom stereocenters. The van der Waals surface area contributed by atoms with E-state index in [1.54, 1.807) is 0 Å². The minimum Gasteiger partial charge on any atom is -0.492 e. The average Bonchev–Trinajstić information content (AvgIpc) is 2.35. The summed E-state index contributed by atoms with van der Waals surface area (Å²) in [5.74, 6) is 1.48. The predicted octanol–water partition coefficient (Wildman–Crippen LogP) is 3.01. The highest BCUT2D eigenvalue weighted by molar-refractivity contribution is 5.19. The van der Waals surface area contributed by atoms with Crippen LogP contribution in [0.15, 0.2) is 18.3 Å². The van der Waals surface area contributed by atoms with Gasteiger partial charge < -0.3 is 10.1 Å². The Morgan fingerprint density at radius 3 is 2.76 bits per heavy atom. The van der Waals surface area contributed by atoms with Gasteiger partial charge in [0.1, 0.15) is 5.75 Å². The van der Waals surface area contributed by atoms with Crippen molar-refractivity contribution in [1.82, 2.24) is 10.3 Å². The maximum Gasteiger partial charge on any atom is 0.137 e. The monoisotopic (exact) mass is 236 g/mol. The maximum absolute atomic E-state index is 5.70.